The van der Waals surface area contributed by atoms with E-state index in [0.29, 0.717) is 36.5 Å². The van der Waals surface area contributed by atoms with Crippen LogP contribution in [0, 0.1) is 0 Å². The summed E-state index contributed by atoms with van der Waals surface area (Å²) < 4.78 is 21.3. The fraction of sp³-hybridized carbons (Fsp3) is 0.345. The second kappa shape index (κ2) is 13.9. The largest absolute Gasteiger partial charge is 0.493 e. The van der Waals surface area contributed by atoms with Crippen LogP contribution < -0.4 is 9.47 Å². The van der Waals surface area contributed by atoms with Gasteiger partial charge < -0.3 is 18.9 Å². The molecule has 0 fully saturated rings. The minimum absolute atomic E-state index is 0.149. The Morgan fingerprint density at radius 3 is 2.08 bits per heavy atom. The minimum Gasteiger partial charge on any atom is -0.493 e. The van der Waals surface area contributed by atoms with E-state index < -0.39 is 11.9 Å². The molecule has 7 nitrogen and oxygen atoms in total. The molecule has 0 heterocycles. The molecule has 0 radical (unpaired) electrons. The molecule has 0 aromatic heterocycles. The van der Waals surface area contributed by atoms with Crippen LogP contribution in [0.2, 0.25) is 0 Å². The van der Waals surface area contributed by atoms with E-state index in [1.54, 1.807) is 43.3 Å². The van der Waals surface area contributed by atoms with Crippen LogP contribution in [0.4, 0.5) is 0 Å². The number of esters is 3. The molecule has 0 aliphatic rings. The van der Waals surface area contributed by atoms with Gasteiger partial charge in [-0.3, -0.25) is 4.79 Å². The van der Waals surface area contributed by atoms with Gasteiger partial charge in [-0.25, -0.2) is 9.59 Å². The zero-order valence-corrected chi connectivity index (χ0v) is 20.8. The summed E-state index contributed by atoms with van der Waals surface area (Å²) in [6.45, 7) is 2.85. The van der Waals surface area contributed by atoms with Crippen LogP contribution in [-0.4, -0.2) is 38.2 Å². The van der Waals surface area contributed by atoms with E-state index in [2.05, 4.69) is 4.74 Å². The Balaban J connectivity index is 1.53. The Bertz CT molecular complexity index is 1170. The van der Waals surface area contributed by atoms with Gasteiger partial charge in [0.15, 0.2) is 0 Å². The van der Waals surface area contributed by atoms with Gasteiger partial charge in [0.2, 0.25) is 0 Å². The molecule has 0 unspecified atom stereocenters. The van der Waals surface area contributed by atoms with Gasteiger partial charge in [-0.05, 0) is 54.6 Å². The number of fused-ring (bicyclic) bond motifs is 1. The van der Waals surface area contributed by atoms with Gasteiger partial charge in [-0.15, -0.1) is 0 Å². The number of carbonyl (C=O) groups is 3. The lowest BCUT2D eigenvalue weighted by molar-refractivity contribution is -0.143. The van der Waals surface area contributed by atoms with Gasteiger partial charge in [0, 0.05) is 11.8 Å². The third kappa shape index (κ3) is 7.57. The highest BCUT2D eigenvalue weighted by Crippen LogP contribution is 2.30. The van der Waals surface area contributed by atoms with Crippen molar-refractivity contribution in [2.24, 2.45) is 0 Å². The maximum Gasteiger partial charge on any atom is 0.344 e. The molecule has 0 aliphatic heterocycles. The Labute approximate surface area is 211 Å². The highest BCUT2D eigenvalue weighted by Gasteiger charge is 2.16. The van der Waals surface area contributed by atoms with Crippen molar-refractivity contribution in [3.05, 3.63) is 71.8 Å². The van der Waals surface area contributed by atoms with Crippen molar-refractivity contribution >= 4 is 28.7 Å². The molecule has 0 amide bonds. The summed E-state index contributed by atoms with van der Waals surface area (Å²) in [5.74, 6) is -0.0433. The van der Waals surface area contributed by atoms with E-state index in [0.717, 1.165) is 48.6 Å². The number of benzene rings is 3. The van der Waals surface area contributed by atoms with Crippen molar-refractivity contribution in [1.29, 1.82) is 0 Å². The number of hydrogen-bond donors (Lipinski definition) is 0. The molecule has 0 N–H and O–H groups in total. The number of unbranched alkanes of at least 4 members (excludes halogenated alkanes) is 4. The van der Waals surface area contributed by atoms with Gasteiger partial charge in [0.25, 0.3) is 0 Å². The molecule has 0 saturated heterocycles. The first-order valence-corrected chi connectivity index (χ1v) is 12.2. The molecule has 0 aliphatic carbocycles. The normalized spacial score (nSPS) is 10.6. The molecule has 0 spiro atoms. The second-order valence-electron chi connectivity index (χ2n) is 8.25. The zero-order valence-electron chi connectivity index (χ0n) is 20.8. The van der Waals surface area contributed by atoms with Crippen LogP contribution in [0.5, 0.6) is 11.5 Å². The van der Waals surface area contributed by atoms with Crippen LogP contribution in [0.3, 0.4) is 0 Å². The van der Waals surface area contributed by atoms with Gasteiger partial charge in [0.05, 0.1) is 31.5 Å². The third-order valence-corrected chi connectivity index (χ3v) is 5.69. The Kier molecular flexibility index (Phi) is 10.3. The summed E-state index contributed by atoms with van der Waals surface area (Å²) in [6, 6.07) is 17.3. The van der Waals surface area contributed by atoms with Gasteiger partial charge >= 0.3 is 17.9 Å². The molecule has 0 bridgehead atoms. The molecule has 3 aromatic rings. The molecule has 0 saturated carbocycles. The smallest absolute Gasteiger partial charge is 0.344 e. The van der Waals surface area contributed by atoms with E-state index in [1.807, 2.05) is 24.3 Å². The summed E-state index contributed by atoms with van der Waals surface area (Å²) in [7, 11) is 1.31. The molecule has 36 heavy (non-hydrogen) atoms. The topological polar surface area (TPSA) is 88.1 Å². The van der Waals surface area contributed by atoms with Gasteiger partial charge in [0.1, 0.15) is 11.5 Å². The van der Waals surface area contributed by atoms with Crippen LogP contribution in [-0.2, 0) is 14.3 Å². The van der Waals surface area contributed by atoms with E-state index in [-0.39, 0.29) is 5.97 Å². The second-order valence-corrected chi connectivity index (χ2v) is 8.25. The lowest BCUT2D eigenvalue weighted by Gasteiger charge is -2.12. The Morgan fingerprint density at radius 2 is 1.39 bits per heavy atom. The maximum absolute atomic E-state index is 12.9. The summed E-state index contributed by atoms with van der Waals surface area (Å²) in [5.41, 5.74) is 0.806. The summed E-state index contributed by atoms with van der Waals surface area (Å²) in [4.78, 5) is 35.6. The predicted molar refractivity (Wildman–Crippen MR) is 137 cm³/mol. The van der Waals surface area contributed by atoms with Crippen LogP contribution in [0.1, 0.15) is 66.2 Å². The molecular weight excluding hydrogens is 460 g/mol. The Hall–Kier alpha value is -3.87. The van der Waals surface area contributed by atoms with Crippen LogP contribution >= 0.6 is 0 Å². The van der Waals surface area contributed by atoms with Gasteiger partial charge in [-0.1, -0.05) is 50.5 Å². The summed E-state index contributed by atoms with van der Waals surface area (Å²) in [6.07, 6.45) is 5.30. The number of ether oxygens (including phenoxy) is 4. The zero-order chi connectivity index (χ0) is 25.8. The van der Waals surface area contributed by atoms with Crippen molar-refractivity contribution < 1.29 is 33.3 Å². The first-order chi connectivity index (χ1) is 17.5. The first kappa shape index (κ1) is 26.7. The molecular formula is C29H32O7. The standard InChI is InChI=1S/C29H32O7/c1-3-27(30)35-20-10-6-4-5-9-19-34-26-18-17-25(23-11-7-8-12-24(23)26)29(32)36-22-15-13-21(14-16-22)28(31)33-2/h7-8,11-18H,3-6,9-10,19-20H2,1-2H3. The fourth-order valence-electron chi connectivity index (χ4n) is 3.72. The van der Waals surface area contributed by atoms with E-state index in [1.165, 1.54) is 7.11 Å². The molecule has 3 rings (SSSR count). The van der Waals surface area contributed by atoms with E-state index in [9.17, 15) is 14.4 Å². The van der Waals surface area contributed by atoms with Crippen molar-refractivity contribution in [1.82, 2.24) is 0 Å². The van der Waals surface area contributed by atoms with E-state index >= 15 is 0 Å². The molecule has 3 aromatic carbocycles. The number of methoxy groups -OCH3 is 1. The molecule has 7 heteroatoms. The van der Waals surface area contributed by atoms with Crippen molar-refractivity contribution in [3.8, 4) is 11.5 Å². The quantitative estimate of drug-likeness (QED) is 0.161. The number of rotatable bonds is 13. The third-order valence-electron chi connectivity index (χ3n) is 5.69. The SMILES string of the molecule is CCC(=O)OCCCCCCCOc1ccc(C(=O)Oc2ccc(C(=O)OC)cc2)c2ccccc12. The van der Waals surface area contributed by atoms with Crippen molar-refractivity contribution in [2.75, 3.05) is 20.3 Å². The average Bonchev–Trinajstić information content (AvgIpc) is 2.91. The lowest BCUT2D eigenvalue weighted by Crippen LogP contribution is -2.10. The molecule has 0 atom stereocenters. The monoisotopic (exact) mass is 492 g/mol. The summed E-state index contributed by atoms with van der Waals surface area (Å²) in [5, 5.41) is 1.58. The predicted octanol–water partition coefficient (Wildman–Crippen LogP) is 6.13. The van der Waals surface area contributed by atoms with Crippen molar-refractivity contribution in [2.45, 2.75) is 45.4 Å². The Morgan fingerprint density at radius 1 is 0.722 bits per heavy atom. The van der Waals surface area contributed by atoms with E-state index in [4.69, 9.17) is 14.2 Å². The average molecular weight is 493 g/mol. The maximum atomic E-state index is 12.9. The highest BCUT2D eigenvalue weighted by atomic mass is 16.5. The first-order valence-electron chi connectivity index (χ1n) is 12.2. The lowest BCUT2D eigenvalue weighted by atomic mass is 10.0. The molecule has 190 valence electrons. The summed E-state index contributed by atoms with van der Waals surface area (Å²) >= 11 is 0. The van der Waals surface area contributed by atoms with Crippen LogP contribution in [0.25, 0.3) is 10.8 Å². The number of carbonyl (C=O) groups excluding carboxylic acids is 3. The highest BCUT2D eigenvalue weighted by molar-refractivity contribution is 6.07. The number of hydrogen-bond acceptors (Lipinski definition) is 7. The van der Waals surface area contributed by atoms with Crippen LogP contribution in [0.15, 0.2) is 60.7 Å². The minimum atomic E-state index is -0.492. The van der Waals surface area contributed by atoms with Crippen molar-refractivity contribution in [3.63, 3.8) is 0 Å². The van der Waals surface area contributed by atoms with Gasteiger partial charge in [-0.2, -0.15) is 0 Å². The fourth-order valence-corrected chi connectivity index (χ4v) is 3.72.